The van der Waals surface area contributed by atoms with Crippen LogP contribution in [0.15, 0.2) is 18.2 Å². The first-order valence-electron chi connectivity index (χ1n) is 4.98. The predicted octanol–water partition coefficient (Wildman–Crippen LogP) is 3.16. The maximum Gasteiger partial charge on any atom is 0.269 e. The van der Waals surface area contributed by atoms with Crippen LogP contribution >= 0.6 is 11.6 Å². The fourth-order valence-electron chi connectivity index (χ4n) is 1.19. The maximum absolute atomic E-state index is 10.5. The van der Waals surface area contributed by atoms with E-state index in [-0.39, 0.29) is 11.6 Å². The van der Waals surface area contributed by atoms with E-state index in [0.29, 0.717) is 18.2 Å². The number of rotatable bonds is 5. The third kappa shape index (κ3) is 3.38. The van der Waals surface area contributed by atoms with Crippen LogP contribution in [0.25, 0.3) is 0 Å². The number of halogens is 1. The first-order valence-corrected chi connectivity index (χ1v) is 5.52. The second-order valence-corrected chi connectivity index (χ2v) is 4.09. The molecule has 0 radical (unpaired) electrons. The number of benzene rings is 1. The summed E-state index contributed by atoms with van der Waals surface area (Å²) in [5.41, 5.74) is 0.839. The topological polar surface area (TPSA) is 52.4 Å². The van der Waals surface area contributed by atoms with Crippen molar-refractivity contribution in [1.82, 2.24) is 0 Å². The molecule has 0 aromatic heterocycles. The number of alkyl halides is 1. The Kier molecular flexibility index (Phi) is 4.55. The number of nitrogens with zero attached hydrogens (tertiary/aromatic N) is 1. The molecule has 0 saturated heterocycles. The molecule has 0 amide bonds. The molecule has 1 aromatic carbocycles. The van der Waals surface area contributed by atoms with Gasteiger partial charge in [-0.15, -0.1) is 11.6 Å². The van der Waals surface area contributed by atoms with Gasteiger partial charge in [-0.25, -0.2) is 0 Å². The highest BCUT2D eigenvalue weighted by Crippen LogP contribution is 2.23. The lowest BCUT2D eigenvalue weighted by Crippen LogP contribution is -2.10. The third-order valence-electron chi connectivity index (χ3n) is 2.16. The van der Waals surface area contributed by atoms with E-state index in [0.717, 1.165) is 5.56 Å². The molecule has 16 heavy (non-hydrogen) atoms. The van der Waals surface area contributed by atoms with Crippen molar-refractivity contribution in [3.63, 3.8) is 0 Å². The third-order valence-corrected chi connectivity index (χ3v) is 2.68. The maximum atomic E-state index is 10.5. The van der Waals surface area contributed by atoms with Gasteiger partial charge in [0, 0.05) is 23.9 Å². The van der Waals surface area contributed by atoms with Crippen LogP contribution in [0.1, 0.15) is 12.5 Å². The van der Waals surface area contributed by atoms with Gasteiger partial charge in [-0.05, 0) is 18.6 Å². The van der Waals surface area contributed by atoms with Crippen LogP contribution in [0.2, 0.25) is 0 Å². The molecule has 0 aliphatic carbocycles. The average Bonchev–Trinajstić information content (AvgIpc) is 2.26. The van der Waals surface area contributed by atoms with Crippen molar-refractivity contribution >= 4 is 17.3 Å². The van der Waals surface area contributed by atoms with Gasteiger partial charge in [-0.2, -0.15) is 0 Å². The van der Waals surface area contributed by atoms with Crippen molar-refractivity contribution in [1.29, 1.82) is 0 Å². The first-order chi connectivity index (χ1) is 7.54. The number of nitro groups is 1. The molecule has 5 heteroatoms. The predicted molar refractivity (Wildman–Crippen MR) is 63.2 cm³/mol. The van der Waals surface area contributed by atoms with Crippen molar-refractivity contribution in [2.75, 3.05) is 12.5 Å². The highest BCUT2D eigenvalue weighted by Gasteiger charge is 2.09. The monoisotopic (exact) mass is 243 g/mol. The van der Waals surface area contributed by atoms with Crippen molar-refractivity contribution in [2.45, 2.75) is 13.8 Å². The Bertz CT molecular complexity index is 381. The molecule has 4 nitrogen and oxygen atoms in total. The van der Waals surface area contributed by atoms with E-state index in [4.69, 9.17) is 16.3 Å². The summed E-state index contributed by atoms with van der Waals surface area (Å²) in [5, 5.41) is 10.5. The smallest absolute Gasteiger partial charge is 0.269 e. The zero-order chi connectivity index (χ0) is 12.1. The van der Waals surface area contributed by atoms with Gasteiger partial charge in [0.2, 0.25) is 0 Å². The minimum Gasteiger partial charge on any atom is -0.493 e. The minimum absolute atomic E-state index is 0.0789. The van der Waals surface area contributed by atoms with Gasteiger partial charge >= 0.3 is 0 Å². The van der Waals surface area contributed by atoms with Crippen LogP contribution in [0.3, 0.4) is 0 Å². The van der Waals surface area contributed by atoms with Crippen LogP contribution < -0.4 is 4.74 Å². The van der Waals surface area contributed by atoms with Crippen LogP contribution in [0.5, 0.6) is 5.75 Å². The number of non-ortho nitro benzene ring substituents is 1. The highest BCUT2D eigenvalue weighted by molar-refractivity contribution is 6.18. The molecule has 88 valence electrons. The van der Waals surface area contributed by atoms with Gasteiger partial charge in [-0.3, -0.25) is 10.1 Å². The van der Waals surface area contributed by atoms with E-state index in [1.54, 1.807) is 13.0 Å². The van der Waals surface area contributed by atoms with Crippen molar-refractivity contribution in [3.8, 4) is 5.75 Å². The average molecular weight is 244 g/mol. The lowest BCUT2D eigenvalue weighted by atomic mass is 10.2. The second-order valence-electron chi connectivity index (χ2n) is 3.78. The molecular formula is C11H14ClNO3. The fraction of sp³-hybridized carbons (Fsp3) is 0.455. The quantitative estimate of drug-likeness (QED) is 0.453. The Balaban J connectivity index is 2.72. The van der Waals surface area contributed by atoms with Gasteiger partial charge in [0.15, 0.2) is 0 Å². The number of nitro benzene ring substituents is 1. The van der Waals surface area contributed by atoms with Crippen LogP contribution in [-0.4, -0.2) is 17.4 Å². The zero-order valence-electron chi connectivity index (χ0n) is 9.27. The molecular weight excluding hydrogens is 230 g/mol. The van der Waals surface area contributed by atoms with Gasteiger partial charge in [0.1, 0.15) is 5.75 Å². The fourth-order valence-corrected chi connectivity index (χ4v) is 1.27. The van der Waals surface area contributed by atoms with Crippen molar-refractivity contribution in [3.05, 3.63) is 33.9 Å². The zero-order valence-corrected chi connectivity index (χ0v) is 10.0. The lowest BCUT2D eigenvalue weighted by Gasteiger charge is -2.11. The van der Waals surface area contributed by atoms with E-state index in [1.807, 2.05) is 6.92 Å². The molecule has 0 bridgehead atoms. The summed E-state index contributed by atoms with van der Waals surface area (Å²) in [6, 6.07) is 4.56. The van der Waals surface area contributed by atoms with E-state index >= 15 is 0 Å². The standard InChI is InChI=1S/C11H14ClNO3/c1-8(6-12)7-16-11-4-3-10(13(14)15)5-9(11)2/h3-5,8H,6-7H2,1-2H3. The minimum atomic E-state index is -0.418. The van der Waals surface area contributed by atoms with Crippen LogP contribution in [0, 0.1) is 23.0 Å². The Morgan fingerprint density at radius 1 is 1.56 bits per heavy atom. The van der Waals surface area contributed by atoms with Crippen molar-refractivity contribution < 1.29 is 9.66 Å². The van der Waals surface area contributed by atoms with Crippen LogP contribution in [-0.2, 0) is 0 Å². The SMILES string of the molecule is Cc1cc([N+](=O)[O-])ccc1OCC(C)CCl. The van der Waals surface area contributed by atoms with E-state index < -0.39 is 4.92 Å². The summed E-state index contributed by atoms with van der Waals surface area (Å²) >= 11 is 5.66. The van der Waals surface area contributed by atoms with E-state index in [9.17, 15) is 10.1 Å². The van der Waals surface area contributed by atoms with Crippen molar-refractivity contribution in [2.24, 2.45) is 5.92 Å². The van der Waals surface area contributed by atoms with E-state index in [1.165, 1.54) is 12.1 Å². The molecule has 0 fully saturated rings. The lowest BCUT2D eigenvalue weighted by molar-refractivity contribution is -0.384. The van der Waals surface area contributed by atoms with E-state index in [2.05, 4.69) is 0 Å². The molecule has 1 atom stereocenters. The van der Waals surface area contributed by atoms with Gasteiger partial charge in [0.25, 0.3) is 5.69 Å². The molecule has 0 spiro atoms. The Hall–Kier alpha value is -1.29. The molecule has 0 aliphatic heterocycles. The molecule has 1 aromatic rings. The second kappa shape index (κ2) is 5.70. The molecule has 0 N–H and O–H groups in total. The molecule has 1 unspecified atom stereocenters. The number of ether oxygens (including phenoxy) is 1. The van der Waals surface area contributed by atoms with Gasteiger partial charge < -0.3 is 4.74 Å². The summed E-state index contributed by atoms with van der Waals surface area (Å²) in [6.07, 6.45) is 0. The number of hydrogen-bond donors (Lipinski definition) is 0. The summed E-state index contributed by atoms with van der Waals surface area (Å²) in [6.45, 7) is 4.28. The Labute approximate surface area is 99.3 Å². The summed E-state index contributed by atoms with van der Waals surface area (Å²) in [5.74, 6) is 1.46. The van der Waals surface area contributed by atoms with Gasteiger partial charge in [0.05, 0.1) is 11.5 Å². The van der Waals surface area contributed by atoms with Crippen LogP contribution in [0.4, 0.5) is 5.69 Å². The summed E-state index contributed by atoms with van der Waals surface area (Å²) < 4.78 is 5.52. The Morgan fingerprint density at radius 2 is 2.25 bits per heavy atom. The normalized spacial score (nSPS) is 12.2. The number of hydrogen-bond acceptors (Lipinski definition) is 3. The molecule has 1 rings (SSSR count). The Morgan fingerprint density at radius 3 is 2.75 bits per heavy atom. The first kappa shape index (κ1) is 12.8. The van der Waals surface area contributed by atoms with Gasteiger partial charge in [-0.1, -0.05) is 6.92 Å². The molecule has 0 aliphatic rings. The largest absolute Gasteiger partial charge is 0.493 e. The molecule has 0 saturated carbocycles. The summed E-state index contributed by atoms with van der Waals surface area (Å²) in [7, 11) is 0. The number of aryl methyl sites for hydroxylation is 1. The highest BCUT2D eigenvalue weighted by atomic mass is 35.5. The summed E-state index contributed by atoms with van der Waals surface area (Å²) in [4.78, 5) is 10.1. The molecule has 0 heterocycles.